The van der Waals surface area contributed by atoms with Crippen LogP contribution in [0.15, 0.2) is 39.5 Å². The minimum Gasteiger partial charge on any atom is -0.507 e. The van der Waals surface area contributed by atoms with Gasteiger partial charge in [-0.2, -0.15) is 0 Å². The molecule has 4 heterocycles. The fourth-order valence-electron chi connectivity index (χ4n) is 6.28. The summed E-state index contributed by atoms with van der Waals surface area (Å²) in [6.45, 7) is -0.287. The van der Waals surface area contributed by atoms with Gasteiger partial charge in [-0.05, 0) is 25.1 Å². The highest BCUT2D eigenvalue weighted by Crippen LogP contribution is 2.40. The van der Waals surface area contributed by atoms with E-state index in [0.29, 0.717) is 0 Å². The Hall–Kier alpha value is -3.91. The van der Waals surface area contributed by atoms with E-state index in [2.05, 4.69) is 0 Å². The van der Waals surface area contributed by atoms with Crippen LogP contribution in [-0.4, -0.2) is 172 Å². The van der Waals surface area contributed by atoms with E-state index in [1.54, 1.807) is 0 Å². The number of ether oxygens (including phenoxy) is 6. The number of hydrogen-bond donors (Lipinski definition) is 13. The van der Waals surface area contributed by atoms with Gasteiger partial charge in [-0.1, -0.05) is 0 Å². The smallest absolute Gasteiger partial charge is 0.239 e. The largest absolute Gasteiger partial charge is 0.507 e. The Morgan fingerprint density at radius 1 is 0.630 bits per heavy atom. The molecule has 13 N–H and O–H groups in total. The van der Waals surface area contributed by atoms with Gasteiger partial charge in [0.15, 0.2) is 29.7 Å². The number of aromatic hydroxyl groups is 3. The molecular weight excluding hydrogens is 732 g/mol. The van der Waals surface area contributed by atoms with Crippen molar-refractivity contribution in [1.29, 1.82) is 0 Å². The fourth-order valence-corrected chi connectivity index (χ4v) is 6.28. The van der Waals surface area contributed by atoms with Gasteiger partial charge in [0.05, 0.1) is 19.3 Å². The molecule has 0 amide bonds. The van der Waals surface area contributed by atoms with Crippen LogP contribution in [0.4, 0.5) is 0 Å². The lowest BCUT2D eigenvalue weighted by molar-refractivity contribution is -0.354. The van der Waals surface area contributed by atoms with E-state index in [0.717, 1.165) is 24.3 Å². The number of hydrogen-bond acceptors (Lipinski definition) is 21. The third kappa shape index (κ3) is 7.27. The maximum absolute atomic E-state index is 14.0. The highest BCUT2D eigenvalue weighted by atomic mass is 16.8. The molecule has 21 heteroatoms. The summed E-state index contributed by atoms with van der Waals surface area (Å²) in [4.78, 5) is 14.0. The van der Waals surface area contributed by atoms with Crippen LogP contribution < -0.4 is 14.9 Å². The summed E-state index contributed by atoms with van der Waals surface area (Å²) in [7, 11) is 0. The Balaban J connectivity index is 1.40. The Morgan fingerprint density at radius 3 is 1.89 bits per heavy atom. The summed E-state index contributed by atoms with van der Waals surface area (Å²) in [5.41, 5.74) is -1.66. The van der Waals surface area contributed by atoms with Gasteiger partial charge >= 0.3 is 0 Å². The monoisotopic (exact) mass is 772 g/mol. The Kier molecular flexibility index (Phi) is 11.5. The van der Waals surface area contributed by atoms with Crippen molar-refractivity contribution in [2.45, 2.75) is 99.0 Å². The average molecular weight is 773 g/mol. The van der Waals surface area contributed by atoms with Gasteiger partial charge in [0, 0.05) is 17.7 Å². The highest BCUT2D eigenvalue weighted by Gasteiger charge is 2.51. The average Bonchev–Trinajstić information content (AvgIpc) is 3.14. The van der Waals surface area contributed by atoms with Crippen molar-refractivity contribution >= 4 is 11.0 Å². The number of phenols is 3. The van der Waals surface area contributed by atoms with Gasteiger partial charge in [-0.25, -0.2) is 0 Å². The van der Waals surface area contributed by atoms with E-state index in [-0.39, 0.29) is 11.3 Å². The van der Waals surface area contributed by atoms with Crippen LogP contribution in [-0.2, 0) is 18.9 Å². The topological polar surface area (TPSA) is 349 Å². The number of phenolic OH excluding ortho intramolecular Hbond substituents is 3. The third-order valence-corrected chi connectivity index (χ3v) is 9.40. The van der Waals surface area contributed by atoms with Crippen molar-refractivity contribution in [3.05, 3.63) is 40.6 Å². The zero-order valence-electron chi connectivity index (χ0n) is 28.0. The fraction of sp³-hybridized carbons (Fsp3) is 0.545. The molecule has 54 heavy (non-hydrogen) atoms. The number of rotatable bonds is 9. The van der Waals surface area contributed by atoms with Crippen LogP contribution in [0, 0.1) is 0 Å². The molecule has 1 aromatic heterocycles. The lowest BCUT2D eigenvalue weighted by Crippen LogP contribution is -2.64. The number of aliphatic hydroxyl groups is 10. The predicted molar refractivity (Wildman–Crippen MR) is 173 cm³/mol. The second kappa shape index (κ2) is 15.7. The molecule has 0 radical (unpaired) electrons. The van der Waals surface area contributed by atoms with E-state index < -0.39 is 150 Å². The van der Waals surface area contributed by atoms with Crippen LogP contribution in [0.5, 0.6) is 28.7 Å². The van der Waals surface area contributed by atoms with Gasteiger partial charge < -0.3 is 99.2 Å². The standard InChI is InChI=1S/C33H40O21/c1-9-19(39)23(43)26(46)31(48-9)54-30-25(45)21(41)17(8-35)52-33(30)49-11-5-14(38)18-15(6-11)50-28(10-2-3-12(36)13(37)4-10)29(22(18)42)53-32-27(47)24(44)20(40)16(7-34)51-32/h2-6,9,16-17,19-21,23-27,30-41,43-47H,7-8H2,1H3/t9-,16+,17+,19-,20-,21+,23+,24-,25-,26+,27+,30+,31-,32-,33+/m0/s1. The first-order chi connectivity index (χ1) is 25.6. The van der Waals surface area contributed by atoms with E-state index >= 15 is 0 Å². The highest BCUT2D eigenvalue weighted by molar-refractivity contribution is 5.88. The SMILES string of the molecule is C[C@@H]1O[C@@H](O[C@H]2[C@H](Oc3cc(O)c4c(=O)c(O[C@@H]5O[C@H](CO)[C@H](O)[C@H](O)[C@H]5O)c(-c5ccc(O)c(O)c5)oc4c3)O[C@H](CO)[C@@H](O)[C@@H]2O)[C@H](O)[C@H](O)[C@H]1O. The minimum absolute atomic E-state index is 0.116. The summed E-state index contributed by atoms with van der Waals surface area (Å²) in [5, 5.41) is 134. The zero-order valence-corrected chi connectivity index (χ0v) is 28.0. The molecule has 6 rings (SSSR count). The molecule has 3 fully saturated rings. The molecule has 0 unspecified atom stereocenters. The number of aliphatic hydroxyl groups excluding tert-OH is 10. The molecule has 0 saturated carbocycles. The lowest BCUT2D eigenvalue weighted by atomic mass is 9.97. The first-order valence-corrected chi connectivity index (χ1v) is 16.5. The summed E-state index contributed by atoms with van der Waals surface area (Å²) < 4.78 is 39.6. The molecule has 15 atom stereocenters. The number of fused-ring (bicyclic) bond motifs is 1. The second-order valence-corrected chi connectivity index (χ2v) is 13.0. The Labute approximate surface area is 303 Å². The molecular formula is C33H40O21. The van der Waals surface area contributed by atoms with Gasteiger partial charge in [0.25, 0.3) is 0 Å². The second-order valence-electron chi connectivity index (χ2n) is 13.0. The van der Waals surface area contributed by atoms with E-state index in [9.17, 15) is 71.2 Å². The maximum atomic E-state index is 14.0. The Morgan fingerprint density at radius 2 is 1.24 bits per heavy atom. The molecule has 3 saturated heterocycles. The molecule has 3 aliphatic rings. The third-order valence-electron chi connectivity index (χ3n) is 9.40. The van der Waals surface area contributed by atoms with E-state index in [4.69, 9.17) is 32.8 Å². The van der Waals surface area contributed by atoms with Crippen LogP contribution >= 0.6 is 0 Å². The molecule has 0 aliphatic carbocycles. The molecule has 3 aromatic rings. The maximum Gasteiger partial charge on any atom is 0.239 e. The van der Waals surface area contributed by atoms with E-state index in [1.807, 2.05) is 0 Å². The van der Waals surface area contributed by atoms with E-state index in [1.165, 1.54) is 13.0 Å². The van der Waals surface area contributed by atoms with Crippen LogP contribution in [0.1, 0.15) is 6.92 Å². The molecule has 3 aliphatic heterocycles. The first-order valence-electron chi connectivity index (χ1n) is 16.5. The van der Waals surface area contributed by atoms with Crippen molar-refractivity contribution in [3.63, 3.8) is 0 Å². The minimum atomic E-state index is -1.98. The van der Waals surface area contributed by atoms with Gasteiger partial charge in [-0.3, -0.25) is 4.79 Å². The van der Waals surface area contributed by atoms with Gasteiger partial charge in [0.1, 0.15) is 83.5 Å². The summed E-state index contributed by atoms with van der Waals surface area (Å²) in [5.74, 6) is -3.66. The summed E-state index contributed by atoms with van der Waals surface area (Å²) >= 11 is 0. The van der Waals surface area contributed by atoms with Gasteiger partial charge in [0.2, 0.25) is 23.8 Å². The van der Waals surface area contributed by atoms with Crippen LogP contribution in [0.3, 0.4) is 0 Å². The summed E-state index contributed by atoms with van der Waals surface area (Å²) in [6.07, 6.45) is -25.5. The zero-order chi connectivity index (χ0) is 39.3. The van der Waals surface area contributed by atoms with Crippen molar-refractivity contribution in [2.24, 2.45) is 0 Å². The predicted octanol–water partition coefficient (Wildman–Crippen LogP) is -4.21. The van der Waals surface area contributed by atoms with Crippen LogP contribution in [0.25, 0.3) is 22.3 Å². The van der Waals surface area contributed by atoms with Crippen molar-refractivity contribution < 1.29 is 99.2 Å². The summed E-state index contributed by atoms with van der Waals surface area (Å²) in [6, 6.07) is 5.14. The molecule has 2 aromatic carbocycles. The first kappa shape index (κ1) is 39.8. The van der Waals surface area contributed by atoms with Crippen molar-refractivity contribution in [1.82, 2.24) is 0 Å². The molecule has 21 nitrogen and oxygen atoms in total. The molecule has 0 bridgehead atoms. The quantitative estimate of drug-likeness (QED) is 0.0917. The lowest BCUT2D eigenvalue weighted by Gasteiger charge is -2.45. The van der Waals surface area contributed by atoms with Crippen molar-refractivity contribution in [3.8, 4) is 40.1 Å². The van der Waals surface area contributed by atoms with Gasteiger partial charge in [-0.15, -0.1) is 0 Å². The van der Waals surface area contributed by atoms with Crippen molar-refractivity contribution in [2.75, 3.05) is 13.2 Å². The van der Waals surface area contributed by atoms with Crippen LogP contribution in [0.2, 0.25) is 0 Å². The molecule has 298 valence electrons. The molecule has 0 spiro atoms. The Bertz CT molecular complexity index is 1850. The normalized spacial score (nSPS) is 37.3. The number of benzene rings is 2.